The van der Waals surface area contributed by atoms with Crippen LogP contribution in [0.1, 0.15) is 108 Å². The summed E-state index contributed by atoms with van der Waals surface area (Å²) in [6.45, 7) is 4.22. The largest absolute Gasteiger partial charge is 0.496 e. The lowest BCUT2D eigenvalue weighted by atomic mass is 10.00. The van der Waals surface area contributed by atoms with Gasteiger partial charge in [-0.15, -0.1) is 0 Å². The lowest BCUT2D eigenvalue weighted by molar-refractivity contribution is 0.317. The van der Waals surface area contributed by atoms with Gasteiger partial charge in [0.05, 0.1) is 12.8 Å². The molecule has 0 saturated heterocycles. The van der Waals surface area contributed by atoms with E-state index in [0.717, 1.165) is 24.0 Å². The van der Waals surface area contributed by atoms with Crippen LogP contribution in [0.4, 0.5) is 0 Å². The van der Waals surface area contributed by atoms with Crippen molar-refractivity contribution >= 4 is 17.3 Å². The number of aryl methyl sites for hydroxylation is 1. The van der Waals surface area contributed by atoms with Crippen LogP contribution in [-0.2, 0) is 0 Å². The molecule has 0 radical (unpaired) electrons. The van der Waals surface area contributed by atoms with Gasteiger partial charge in [0.2, 0.25) is 0 Å². The zero-order chi connectivity index (χ0) is 20.6. The Morgan fingerprint density at radius 2 is 1.39 bits per heavy atom. The average molecular weight is 410 g/mol. The van der Waals surface area contributed by atoms with E-state index in [9.17, 15) is 5.21 Å². The number of oxime groups is 1. The number of methoxy groups -OCH3 is 1. The van der Waals surface area contributed by atoms with Crippen LogP contribution in [0.3, 0.4) is 0 Å². The fraction of sp³-hybridized carbons (Fsp3) is 0.708. The van der Waals surface area contributed by atoms with Crippen LogP contribution in [0.2, 0.25) is 5.02 Å². The van der Waals surface area contributed by atoms with Crippen LogP contribution < -0.4 is 4.74 Å². The van der Waals surface area contributed by atoms with Crippen molar-refractivity contribution in [2.24, 2.45) is 5.16 Å². The molecule has 0 bridgehead atoms. The third kappa shape index (κ3) is 9.82. The van der Waals surface area contributed by atoms with E-state index in [1.54, 1.807) is 13.2 Å². The first-order valence-corrected chi connectivity index (χ1v) is 11.6. The fourth-order valence-corrected chi connectivity index (χ4v) is 3.76. The minimum atomic E-state index is 0.665. The van der Waals surface area contributed by atoms with Gasteiger partial charge in [-0.25, -0.2) is 0 Å². The van der Waals surface area contributed by atoms with Crippen molar-refractivity contribution in [3.63, 3.8) is 0 Å². The Balaban J connectivity index is 2.16. The highest BCUT2D eigenvalue weighted by molar-refractivity contribution is 6.31. The van der Waals surface area contributed by atoms with Gasteiger partial charge in [0.25, 0.3) is 0 Å². The predicted molar refractivity (Wildman–Crippen MR) is 121 cm³/mol. The molecule has 0 unspecified atom stereocenters. The molecule has 160 valence electrons. The third-order valence-electron chi connectivity index (χ3n) is 5.43. The van der Waals surface area contributed by atoms with Gasteiger partial charge in [0, 0.05) is 10.6 Å². The molecular weight excluding hydrogens is 370 g/mol. The Bertz CT molecular complexity index is 572. The van der Waals surface area contributed by atoms with Crippen molar-refractivity contribution in [3.8, 4) is 5.75 Å². The van der Waals surface area contributed by atoms with Gasteiger partial charge in [-0.3, -0.25) is 0 Å². The molecule has 1 aromatic carbocycles. The maximum atomic E-state index is 9.45. The monoisotopic (exact) mass is 409 g/mol. The number of halogens is 1. The number of nitrogens with zero attached hydrogens (tertiary/aromatic N) is 1. The van der Waals surface area contributed by atoms with Crippen LogP contribution in [0.25, 0.3) is 0 Å². The van der Waals surface area contributed by atoms with Crippen molar-refractivity contribution in [1.82, 2.24) is 0 Å². The molecule has 0 aliphatic carbocycles. The Hall–Kier alpha value is -1.22. The predicted octanol–water partition coefficient (Wildman–Crippen LogP) is 8.32. The zero-order valence-electron chi connectivity index (χ0n) is 18.2. The fourth-order valence-electron chi connectivity index (χ4n) is 3.61. The number of ether oxygens (including phenoxy) is 1. The lowest BCUT2D eigenvalue weighted by Gasteiger charge is -2.12. The zero-order valence-corrected chi connectivity index (χ0v) is 19.0. The van der Waals surface area contributed by atoms with Crippen molar-refractivity contribution in [2.75, 3.05) is 7.11 Å². The highest BCUT2D eigenvalue weighted by Crippen LogP contribution is 2.28. The average Bonchev–Trinajstić information content (AvgIpc) is 2.70. The summed E-state index contributed by atoms with van der Waals surface area (Å²) in [6, 6.07) is 3.74. The number of rotatable bonds is 16. The molecule has 1 N–H and O–H groups in total. The first-order chi connectivity index (χ1) is 13.6. The molecule has 1 rings (SSSR count). The SMILES string of the molecule is CCCCCCCCCCCCCCCC(=NO)c1cc(C)c(Cl)cc1OC. The van der Waals surface area contributed by atoms with E-state index in [4.69, 9.17) is 16.3 Å². The van der Waals surface area contributed by atoms with Crippen LogP contribution in [0, 0.1) is 6.92 Å². The second kappa shape index (κ2) is 15.7. The topological polar surface area (TPSA) is 41.8 Å². The third-order valence-corrected chi connectivity index (χ3v) is 5.84. The van der Waals surface area contributed by atoms with Crippen molar-refractivity contribution in [1.29, 1.82) is 0 Å². The van der Waals surface area contributed by atoms with Crippen molar-refractivity contribution in [3.05, 3.63) is 28.3 Å². The Labute approximate surface area is 177 Å². The first-order valence-electron chi connectivity index (χ1n) is 11.2. The molecule has 0 atom stereocenters. The van der Waals surface area contributed by atoms with E-state index in [2.05, 4.69) is 12.1 Å². The molecule has 0 fully saturated rings. The van der Waals surface area contributed by atoms with E-state index in [-0.39, 0.29) is 0 Å². The molecule has 0 amide bonds. The van der Waals surface area contributed by atoms with Gasteiger partial charge in [-0.05, 0) is 37.5 Å². The molecule has 0 saturated carbocycles. The van der Waals surface area contributed by atoms with Crippen LogP contribution in [0.5, 0.6) is 5.75 Å². The Morgan fingerprint density at radius 3 is 1.86 bits per heavy atom. The maximum absolute atomic E-state index is 9.45. The van der Waals surface area contributed by atoms with Crippen molar-refractivity contribution in [2.45, 2.75) is 104 Å². The molecule has 3 nitrogen and oxygen atoms in total. The summed E-state index contributed by atoms with van der Waals surface area (Å²) in [5, 5.41) is 13.6. The Morgan fingerprint density at radius 1 is 0.893 bits per heavy atom. The molecule has 0 heterocycles. The molecule has 1 aromatic rings. The summed E-state index contributed by atoms with van der Waals surface area (Å²) in [5.41, 5.74) is 2.48. The van der Waals surface area contributed by atoms with Gasteiger partial charge in [0.1, 0.15) is 5.75 Å². The van der Waals surface area contributed by atoms with Gasteiger partial charge in [-0.2, -0.15) is 0 Å². The lowest BCUT2D eigenvalue weighted by Crippen LogP contribution is -2.05. The molecular formula is C24H40ClNO2. The second-order valence-corrected chi connectivity index (χ2v) is 8.25. The number of unbranched alkanes of at least 4 members (excludes halogenated alkanes) is 12. The summed E-state index contributed by atoms with van der Waals surface area (Å²) < 4.78 is 5.41. The molecule has 0 aliphatic heterocycles. The van der Waals surface area contributed by atoms with Crippen LogP contribution in [0.15, 0.2) is 17.3 Å². The van der Waals surface area contributed by atoms with Crippen molar-refractivity contribution < 1.29 is 9.94 Å². The maximum Gasteiger partial charge on any atom is 0.129 e. The van der Waals surface area contributed by atoms with Gasteiger partial charge in [-0.1, -0.05) is 101 Å². The van der Waals surface area contributed by atoms with Crippen LogP contribution >= 0.6 is 11.6 Å². The molecule has 28 heavy (non-hydrogen) atoms. The summed E-state index contributed by atoms with van der Waals surface area (Å²) >= 11 is 6.17. The highest BCUT2D eigenvalue weighted by Gasteiger charge is 2.13. The number of hydrogen-bond donors (Lipinski definition) is 1. The second-order valence-electron chi connectivity index (χ2n) is 7.84. The first kappa shape index (κ1) is 24.8. The van der Waals surface area contributed by atoms with Gasteiger partial charge >= 0.3 is 0 Å². The van der Waals surface area contributed by atoms with E-state index in [1.807, 2.05) is 13.0 Å². The van der Waals surface area contributed by atoms with Gasteiger partial charge in [0.15, 0.2) is 0 Å². The summed E-state index contributed by atoms with van der Waals surface area (Å²) in [7, 11) is 1.62. The normalized spacial score (nSPS) is 11.8. The number of benzene rings is 1. The van der Waals surface area contributed by atoms with E-state index in [1.165, 1.54) is 77.0 Å². The number of hydrogen-bond acceptors (Lipinski definition) is 3. The molecule has 0 spiro atoms. The van der Waals surface area contributed by atoms with E-state index < -0.39 is 0 Å². The smallest absolute Gasteiger partial charge is 0.129 e. The standard InChI is InChI=1S/C24H40ClNO2/c1-4-5-6-7-8-9-10-11-12-13-14-15-16-17-23(26-27)21-18-20(2)22(25)19-24(21)28-3/h18-19,27H,4-17H2,1-3H3. The molecule has 0 aliphatic rings. The summed E-state index contributed by atoms with van der Waals surface area (Å²) in [4.78, 5) is 0. The highest BCUT2D eigenvalue weighted by atomic mass is 35.5. The summed E-state index contributed by atoms with van der Waals surface area (Å²) in [6.07, 6.45) is 18.0. The molecule has 4 heteroatoms. The minimum Gasteiger partial charge on any atom is -0.496 e. The minimum absolute atomic E-state index is 0.665. The Kier molecular flexibility index (Phi) is 13.9. The van der Waals surface area contributed by atoms with Gasteiger partial charge < -0.3 is 9.94 Å². The quantitative estimate of drug-likeness (QED) is 0.129. The van der Waals surface area contributed by atoms with E-state index in [0.29, 0.717) is 16.5 Å². The van der Waals surface area contributed by atoms with E-state index >= 15 is 0 Å². The van der Waals surface area contributed by atoms with Crippen LogP contribution in [-0.4, -0.2) is 18.0 Å². The molecule has 0 aromatic heterocycles. The summed E-state index contributed by atoms with van der Waals surface area (Å²) in [5.74, 6) is 0.665.